The van der Waals surface area contributed by atoms with E-state index in [-0.39, 0.29) is 21.7 Å². The predicted molar refractivity (Wildman–Crippen MR) is 78.0 cm³/mol. The molecule has 0 fully saturated rings. The molecule has 106 valence electrons. The van der Waals surface area contributed by atoms with Gasteiger partial charge in [0, 0.05) is 23.0 Å². The molecule has 0 aliphatic heterocycles. The molecule has 0 spiro atoms. The second kappa shape index (κ2) is 5.75. The number of carboxylic acid groups (broad SMARTS) is 1. The van der Waals surface area contributed by atoms with Crippen LogP contribution in [0.2, 0.25) is 0 Å². The lowest BCUT2D eigenvalue weighted by Gasteiger charge is -2.16. The zero-order valence-electron chi connectivity index (χ0n) is 10.8. The predicted octanol–water partition coefficient (Wildman–Crippen LogP) is 3.14. The van der Waals surface area contributed by atoms with Crippen LogP contribution >= 0.6 is 15.9 Å². The van der Waals surface area contributed by atoms with Gasteiger partial charge < -0.3 is 9.67 Å². The summed E-state index contributed by atoms with van der Waals surface area (Å²) in [6, 6.07) is 4.04. The maximum atomic E-state index is 13.9. The summed E-state index contributed by atoms with van der Waals surface area (Å²) >= 11 is 3.22. The van der Waals surface area contributed by atoms with Gasteiger partial charge in [0.05, 0.1) is 10.9 Å². The van der Waals surface area contributed by atoms with Crippen molar-refractivity contribution in [2.24, 2.45) is 0 Å². The second-order valence-corrected chi connectivity index (χ2v) is 4.94. The molecule has 0 saturated carbocycles. The first-order valence-electron chi connectivity index (χ1n) is 6.16. The first-order valence-corrected chi connectivity index (χ1v) is 7.28. The minimum absolute atomic E-state index is 0.0237. The number of halogens is 2. The highest BCUT2D eigenvalue weighted by Crippen LogP contribution is 2.24. The molecule has 2 rings (SSSR count). The van der Waals surface area contributed by atoms with Gasteiger partial charge in [-0.05, 0) is 12.5 Å². The Hall–Kier alpha value is -1.69. The number of aromatic nitrogens is 1. The van der Waals surface area contributed by atoms with Crippen LogP contribution < -0.4 is 5.56 Å². The average Bonchev–Trinajstić information content (AvgIpc) is 2.40. The van der Waals surface area contributed by atoms with E-state index in [2.05, 4.69) is 15.9 Å². The van der Waals surface area contributed by atoms with E-state index in [1.54, 1.807) is 0 Å². The fourth-order valence-corrected chi connectivity index (χ4v) is 2.92. The van der Waals surface area contributed by atoms with Crippen LogP contribution in [0, 0.1) is 5.82 Å². The summed E-state index contributed by atoms with van der Waals surface area (Å²) in [6.45, 7) is 2.22. The smallest absolute Gasteiger partial charge is 0.338 e. The minimum Gasteiger partial charge on any atom is -0.478 e. The molecule has 0 bridgehead atoms. The van der Waals surface area contributed by atoms with Crippen molar-refractivity contribution in [2.75, 3.05) is 0 Å². The zero-order valence-corrected chi connectivity index (χ0v) is 12.4. The molecule has 0 saturated heterocycles. The lowest BCUT2D eigenvalue weighted by atomic mass is 10.0. The molecule has 1 aromatic carbocycles. The minimum atomic E-state index is -1.17. The molecule has 0 aliphatic carbocycles. The van der Waals surface area contributed by atoms with Crippen molar-refractivity contribution in [1.29, 1.82) is 0 Å². The number of benzene rings is 1. The molecule has 1 heterocycles. The Morgan fingerprint density at radius 2 is 2.15 bits per heavy atom. The number of aromatic carboxylic acids is 1. The molecule has 6 heteroatoms. The van der Waals surface area contributed by atoms with Crippen molar-refractivity contribution in [3.8, 4) is 0 Å². The Bertz CT molecular complexity index is 739. The van der Waals surface area contributed by atoms with Gasteiger partial charge in [-0.3, -0.25) is 4.79 Å². The van der Waals surface area contributed by atoms with E-state index in [0.717, 1.165) is 0 Å². The second-order valence-electron chi connectivity index (χ2n) is 4.38. The van der Waals surface area contributed by atoms with Gasteiger partial charge >= 0.3 is 5.97 Å². The van der Waals surface area contributed by atoms with E-state index in [0.29, 0.717) is 18.7 Å². The van der Waals surface area contributed by atoms with Gasteiger partial charge in [0.2, 0.25) is 0 Å². The Balaban J connectivity index is 3.06. The fraction of sp³-hybridized carbons (Fsp3) is 0.286. The first-order chi connectivity index (χ1) is 9.52. The van der Waals surface area contributed by atoms with Crippen LogP contribution in [0.25, 0.3) is 10.8 Å². The molecule has 0 unspecified atom stereocenters. The largest absolute Gasteiger partial charge is 0.478 e. The van der Waals surface area contributed by atoms with E-state index in [1.807, 2.05) is 6.92 Å². The Kier molecular flexibility index (Phi) is 4.23. The third-order valence-corrected chi connectivity index (χ3v) is 3.68. The maximum absolute atomic E-state index is 13.9. The number of hydrogen-bond donors (Lipinski definition) is 1. The molecule has 0 amide bonds. The summed E-state index contributed by atoms with van der Waals surface area (Å²) < 4.78 is 15.3. The standard InChI is InChI=1S/C14H13BrFNO3/c1-2-6-17-10(7-15)12(14(19)20)8-4-3-5-9(16)11(8)13(17)18/h3-5H,2,6-7H2,1H3,(H,19,20). The maximum Gasteiger partial charge on any atom is 0.338 e. The van der Waals surface area contributed by atoms with Gasteiger partial charge in [0.15, 0.2) is 0 Å². The van der Waals surface area contributed by atoms with Crippen LogP contribution in [0.4, 0.5) is 4.39 Å². The molecule has 4 nitrogen and oxygen atoms in total. The van der Waals surface area contributed by atoms with E-state index in [1.165, 1.54) is 22.8 Å². The molecule has 0 radical (unpaired) electrons. The highest BCUT2D eigenvalue weighted by molar-refractivity contribution is 9.08. The van der Waals surface area contributed by atoms with E-state index >= 15 is 0 Å². The molecular weight excluding hydrogens is 329 g/mol. The van der Waals surface area contributed by atoms with E-state index in [4.69, 9.17) is 0 Å². The SMILES string of the molecule is CCCn1c(CBr)c(C(=O)O)c2cccc(F)c2c1=O. The number of hydrogen-bond acceptors (Lipinski definition) is 2. The zero-order chi connectivity index (χ0) is 14.9. The monoisotopic (exact) mass is 341 g/mol. The summed E-state index contributed by atoms with van der Waals surface area (Å²) in [4.78, 5) is 23.9. The van der Waals surface area contributed by atoms with Crippen molar-refractivity contribution in [3.05, 3.63) is 45.6 Å². The van der Waals surface area contributed by atoms with Gasteiger partial charge in [-0.15, -0.1) is 0 Å². The van der Waals surface area contributed by atoms with Crippen LogP contribution in [-0.4, -0.2) is 15.6 Å². The van der Waals surface area contributed by atoms with Crippen LogP contribution in [-0.2, 0) is 11.9 Å². The number of pyridine rings is 1. The van der Waals surface area contributed by atoms with E-state index in [9.17, 15) is 19.1 Å². The number of rotatable bonds is 4. The third kappa shape index (κ3) is 2.24. The highest BCUT2D eigenvalue weighted by Gasteiger charge is 2.22. The molecular formula is C14H13BrFNO3. The topological polar surface area (TPSA) is 59.3 Å². The van der Waals surface area contributed by atoms with Gasteiger partial charge in [-0.2, -0.15) is 0 Å². The van der Waals surface area contributed by atoms with E-state index < -0.39 is 17.3 Å². The lowest BCUT2D eigenvalue weighted by Crippen LogP contribution is -2.27. The number of fused-ring (bicyclic) bond motifs is 1. The fourth-order valence-electron chi connectivity index (χ4n) is 2.34. The molecule has 1 aromatic heterocycles. The number of nitrogens with zero attached hydrogens (tertiary/aromatic N) is 1. The molecule has 0 atom stereocenters. The first kappa shape index (κ1) is 14.7. The quantitative estimate of drug-likeness (QED) is 0.869. The summed E-state index contributed by atoms with van der Waals surface area (Å²) in [7, 11) is 0. The van der Waals surface area contributed by atoms with Crippen molar-refractivity contribution < 1.29 is 14.3 Å². The Labute approximate surface area is 123 Å². The Morgan fingerprint density at radius 1 is 1.45 bits per heavy atom. The van der Waals surface area contributed by atoms with Crippen LogP contribution in [0.5, 0.6) is 0 Å². The van der Waals surface area contributed by atoms with Crippen LogP contribution in [0.15, 0.2) is 23.0 Å². The van der Waals surface area contributed by atoms with Crippen LogP contribution in [0.3, 0.4) is 0 Å². The number of alkyl halides is 1. The summed E-state index contributed by atoms with van der Waals surface area (Å²) in [5.74, 6) is -1.86. The highest BCUT2D eigenvalue weighted by atomic mass is 79.9. The molecule has 0 aliphatic rings. The number of carboxylic acids is 1. The van der Waals surface area contributed by atoms with Crippen molar-refractivity contribution in [3.63, 3.8) is 0 Å². The van der Waals surface area contributed by atoms with Gasteiger partial charge in [0.25, 0.3) is 5.56 Å². The molecule has 1 N–H and O–H groups in total. The lowest BCUT2D eigenvalue weighted by molar-refractivity contribution is 0.0697. The van der Waals surface area contributed by atoms with Gasteiger partial charge in [-0.25, -0.2) is 9.18 Å². The van der Waals surface area contributed by atoms with Crippen LogP contribution in [0.1, 0.15) is 29.4 Å². The summed E-state index contributed by atoms with van der Waals surface area (Å²) in [5.41, 5.74) is -0.147. The summed E-state index contributed by atoms with van der Waals surface area (Å²) in [6.07, 6.45) is 0.652. The summed E-state index contributed by atoms with van der Waals surface area (Å²) in [5, 5.41) is 9.61. The van der Waals surface area contributed by atoms with Crippen molar-refractivity contribution >= 4 is 32.7 Å². The third-order valence-electron chi connectivity index (χ3n) is 3.14. The molecule has 20 heavy (non-hydrogen) atoms. The van der Waals surface area contributed by atoms with Crippen molar-refractivity contribution in [1.82, 2.24) is 4.57 Å². The number of carbonyl (C=O) groups is 1. The molecule has 2 aromatic rings. The Morgan fingerprint density at radius 3 is 2.70 bits per heavy atom. The normalized spacial score (nSPS) is 10.9. The van der Waals surface area contributed by atoms with Crippen molar-refractivity contribution in [2.45, 2.75) is 25.2 Å². The average molecular weight is 342 g/mol. The van der Waals surface area contributed by atoms with Gasteiger partial charge in [-0.1, -0.05) is 35.0 Å². The van der Waals surface area contributed by atoms with Gasteiger partial charge in [0.1, 0.15) is 5.82 Å².